The van der Waals surface area contributed by atoms with E-state index in [4.69, 9.17) is 0 Å². The number of hydrogen-bond acceptors (Lipinski definition) is 2. The largest absolute Gasteiger partial charge is 0.481 e. The number of rotatable bonds is 2. The van der Waals surface area contributed by atoms with Gasteiger partial charge in [0.1, 0.15) is 0 Å². The molecule has 100 valence electrons. The molecule has 0 spiro atoms. The number of piperidine rings is 2. The number of hydrogen-bond donors (Lipinski definition) is 1. The van der Waals surface area contributed by atoms with E-state index in [0.29, 0.717) is 18.5 Å². The fourth-order valence-corrected chi connectivity index (χ4v) is 3.41. The predicted octanol–water partition coefficient (Wildman–Crippen LogP) is 2.01. The molecule has 4 heteroatoms. The van der Waals surface area contributed by atoms with Crippen LogP contribution in [-0.2, 0) is 4.79 Å². The highest BCUT2D eigenvalue weighted by Gasteiger charge is 2.45. The molecule has 3 fully saturated rings. The van der Waals surface area contributed by atoms with E-state index < -0.39 is 5.97 Å². The number of nitrogens with zero attached hydrogens (tertiary/aromatic N) is 1. The molecule has 2 bridgehead atoms. The summed E-state index contributed by atoms with van der Waals surface area (Å²) in [5.74, 6) is -0.811. The number of carboxylic acid groups (broad SMARTS) is 1. The van der Waals surface area contributed by atoms with Gasteiger partial charge in [-0.05, 0) is 37.3 Å². The van der Waals surface area contributed by atoms with Crippen LogP contribution in [0.25, 0.3) is 0 Å². The van der Waals surface area contributed by atoms with Crippen molar-refractivity contribution >= 4 is 11.9 Å². The second-order valence-electron chi connectivity index (χ2n) is 5.50. The van der Waals surface area contributed by atoms with Gasteiger partial charge in [0.05, 0.1) is 5.92 Å². The first-order valence-corrected chi connectivity index (χ1v) is 6.75. The molecule has 4 nitrogen and oxygen atoms in total. The van der Waals surface area contributed by atoms with Crippen LogP contribution in [0.5, 0.6) is 0 Å². The molecule has 0 aromatic heterocycles. The van der Waals surface area contributed by atoms with Gasteiger partial charge < -0.3 is 10.0 Å². The first kappa shape index (κ1) is 12.2. The number of aliphatic carboxylic acids is 1. The molecule has 2 heterocycles. The number of carbonyl (C=O) groups excluding carboxylic acids is 1. The third kappa shape index (κ3) is 2.11. The fourth-order valence-electron chi connectivity index (χ4n) is 3.41. The smallest absolute Gasteiger partial charge is 0.306 e. The zero-order chi connectivity index (χ0) is 13.4. The molecule has 1 amide bonds. The van der Waals surface area contributed by atoms with E-state index in [1.54, 1.807) is 0 Å². The summed E-state index contributed by atoms with van der Waals surface area (Å²) in [4.78, 5) is 25.5. The lowest BCUT2D eigenvalue weighted by atomic mass is 9.72. The first-order valence-electron chi connectivity index (χ1n) is 6.75. The molecule has 4 rings (SSSR count). The summed E-state index contributed by atoms with van der Waals surface area (Å²) in [6, 6.07) is 9.34. The summed E-state index contributed by atoms with van der Waals surface area (Å²) < 4.78 is 0. The third-order valence-corrected chi connectivity index (χ3v) is 4.44. The maximum absolute atomic E-state index is 12.4. The lowest BCUT2D eigenvalue weighted by Gasteiger charge is -2.48. The summed E-state index contributed by atoms with van der Waals surface area (Å²) in [5.41, 5.74) is 0.696. The zero-order valence-corrected chi connectivity index (χ0v) is 10.7. The molecule has 1 saturated carbocycles. The van der Waals surface area contributed by atoms with Crippen molar-refractivity contribution in [3.8, 4) is 0 Å². The van der Waals surface area contributed by atoms with Crippen LogP contribution >= 0.6 is 0 Å². The van der Waals surface area contributed by atoms with Gasteiger partial charge in [-0.25, -0.2) is 0 Å². The average molecular weight is 259 g/mol. The van der Waals surface area contributed by atoms with E-state index in [1.807, 2.05) is 35.2 Å². The van der Waals surface area contributed by atoms with Crippen molar-refractivity contribution in [1.82, 2.24) is 4.90 Å². The molecule has 3 aliphatic rings. The molecule has 1 N–H and O–H groups in total. The van der Waals surface area contributed by atoms with Gasteiger partial charge in [0, 0.05) is 18.2 Å². The highest BCUT2D eigenvalue weighted by atomic mass is 16.4. The van der Waals surface area contributed by atoms with Gasteiger partial charge in [-0.1, -0.05) is 18.2 Å². The van der Waals surface area contributed by atoms with Crippen LogP contribution < -0.4 is 0 Å². The Hall–Kier alpha value is -1.84. The Kier molecular flexibility index (Phi) is 3.01. The number of amides is 1. The number of fused-ring (bicyclic) bond motifs is 3. The monoisotopic (exact) mass is 259 g/mol. The second-order valence-corrected chi connectivity index (χ2v) is 5.50. The van der Waals surface area contributed by atoms with Crippen LogP contribution in [0.1, 0.15) is 29.6 Å². The molecule has 3 unspecified atom stereocenters. The normalized spacial score (nSPS) is 29.3. The Morgan fingerprint density at radius 1 is 1.16 bits per heavy atom. The molecule has 2 aliphatic heterocycles. The lowest BCUT2D eigenvalue weighted by molar-refractivity contribution is -0.148. The molecule has 1 aromatic carbocycles. The Morgan fingerprint density at radius 2 is 1.89 bits per heavy atom. The van der Waals surface area contributed by atoms with E-state index in [9.17, 15) is 14.7 Å². The minimum atomic E-state index is -0.707. The van der Waals surface area contributed by atoms with Gasteiger partial charge in [-0.2, -0.15) is 0 Å². The second kappa shape index (κ2) is 4.68. The maximum atomic E-state index is 12.4. The SMILES string of the molecule is O=C(O)C1CC2CCC1CN2C(=O)c1ccccc1. The molecule has 0 radical (unpaired) electrons. The van der Waals surface area contributed by atoms with Gasteiger partial charge >= 0.3 is 5.97 Å². The lowest BCUT2D eigenvalue weighted by Crippen LogP contribution is -2.55. The zero-order valence-electron chi connectivity index (χ0n) is 10.7. The molecule has 1 aliphatic carbocycles. The Bertz CT molecular complexity index is 499. The van der Waals surface area contributed by atoms with Crippen molar-refractivity contribution in [3.05, 3.63) is 35.9 Å². The van der Waals surface area contributed by atoms with E-state index in [0.717, 1.165) is 12.8 Å². The van der Waals surface area contributed by atoms with E-state index >= 15 is 0 Å². The highest BCUT2D eigenvalue weighted by Crippen LogP contribution is 2.40. The average Bonchev–Trinajstić information content (AvgIpc) is 2.47. The van der Waals surface area contributed by atoms with Crippen molar-refractivity contribution in [2.45, 2.75) is 25.3 Å². The van der Waals surface area contributed by atoms with Gasteiger partial charge in [-0.15, -0.1) is 0 Å². The molecule has 3 atom stereocenters. The number of carboxylic acids is 1. The van der Waals surface area contributed by atoms with Crippen LogP contribution in [0.4, 0.5) is 0 Å². The molecular formula is C15H17NO3. The van der Waals surface area contributed by atoms with Gasteiger partial charge in [0.2, 0.25) is 0 Å². The van der Waals surface area contributed by atoms with E-state index in [2.05, 4.69) is 0 Å². The van der Waals surface area contributed by atoms with Crippen molar-refractivity contribution in [2.75, 3.05) is 6.54 Å². The number of carbonyl (C=O) groups is 2. The quantitative estimate of drug-likeness (QED) is 0.884. The fraction of sp³-hybridized carbons (Fsp3) is 0.467. The molecular weight excluding hydrogens is 242 g/mol. The summed E-state index contributed by atoms with van der Waals surface area (Å²) in [7, 11) is 0. The van der Waals surface area contributed by atoms with Gasteiger partial charge in [0.15, 0.2) is 0 Å². The van der Waals surface area contributed by atoms with Crippen LogP contribution in [0.15, 0.2) is 30.3 Å². The van der Waals surface area contributed by atoms with Crippen LogP contribution in [0, 0.1) is 11.8 Å². The minimum Gasteiger partial charge on any atom is -0.481 e. The highest BCUT2D eigenvalue weighted by molar-refractivity contribution is 5.94. The Balaban J connectivity index is 1.78. The van der Waals surface area contributed by atoms with Crippen LogP contribution in [-0.4, -0.2) is 34.5 Å². The van der Waals surface area contributed by atoms with Gasteiger partial charge in [0.25, 0.3) is 5.91 Å². The van der Waals surface area contributed by atoms with Crippen molar-refractivity contribution in [3.63, 3.8) is 0 Å². The van der Waals surface area contributed by atoms with Crippen LogP contribution in [0.2, 0.25) is 0 Å². The third-order valence-electron chi connectivity index (χ3n) is 4.44. The first-order chi connectivity index (χ1) is 9.16. The summed E-state index contributed by atoms with van der Waals surface area (Å²) in [6.07, 6.45) is 2.48. The summed E-state index contributed by atoms with van der Waals surface area (Å²) in [5, 5.41) is 9.20. The molecule has 1 aromatic rings. The minimum absolute atomic E-state index is 0.0409. The maximum Gasteiger partial charge on any atom is 0.306 e. The van der Waals surface area contributed by atoms with Crippen LogP contribution in [0.3, 0.4) is 0 Å². The Labute approximate surface area is 112 Å². The van der Waals surface area contributed by atoms with Crippen molar-refractivity contribution < 1.29 is 14.7 Å². The van der Waals surface area contributed by atoms with Gasteiger partial charge in [-0.3, -0.25) is 9.59 Å². The summed E-state index contributed by atoms with van der Waals surface area (Å²) >= 11 is 0. The van der Waals surface area contributed by atoms with Crippen molar-refractivity contribution in [1.29, 1.82) is 0 Å². The van der Waals surface area contributed by atoms with E-state index in [-0.39, 0.29) is 23.8 Å². The molecule has 2 saturated heterocycles. The number of benzene rings is 1. The molecule has 19 heavy (non-hydrogen) atoms. The Morgan fingerprint density at radius 3 is 2.47 bits per heavy atom. The van der Waals surface area contributed by atoms with E-state index in [1.165, 1.54) is 0 Å². The van der Waals surface area contributed by atoms with Crippen molar-refractivity contribution in [2.24, 2.45) is 11.8 Å². The summed E-state index contributed by atoms with van der Waals surface area (Å²) in [6.45, 7) is 0.593. The topological polar surface area (TPSA) is 57.6 Å². The predicted molar refractivity (Wildman–Crippen MR) is 69.7 cm³/mol. The standard InChI is InChI=1S/C15H17NO3/c17-14(10-4-2-1-3-5-10)16-9-11-6-7-12(16)8-13(11)15(18)19/h1-5,11-13H,6-9H2,(H,18,19).